The summed E-state index contributed by atoms with van der Waals surface area (Å²) in [4.78, 5) is 41.0. The van der Waals surface area contributed by atoms with Crippen LogP contribution in [0.1, 0.15) is 57.8 Å². The third-order valence-electron chi connectivity index (χ3n) is 8.49. The van der Waals surface area contributed by atoms with Gasteiger partial charge in [-0.2, -0.15) is 0 Å². The molecule has 0 spiro atoms. The van der Waals surface area contributed by atoms with E-state index in [1.54, 1.807) is 6.33 Å². The van der Waals surface area contributed by atoms with Gasteiger partial charge in [0.05, 0.1) is 18.3 Å². The summed E-state index contributed by atoms with van der Waals surface area (Å²) < 4.78 is 7.52. The highest BCUT2D eigenvalue weighted by molar-refractivity contribution is 5.89. The molecule has 176 valence electrons. The summed E-state index contributed by atoms with van der Waals surface area (Å²) in [6, 6.07) is -0.424. The maximum Gasteiger partial charge on any atom is 0.328 e. The molecule has 7 rings (SSSR count). The van der Waals surface area contributed by atoms with E-state index < -0.39 is 6.04 Å². The van der Waals surface area contributed by atoms with Crippen molar-refractivity contribution in [1.29, 1.82) is 0 Å². The van der Waals surface area contributed by atoms with Crippen molar-refractivity contribution in [2.45, 2.75) is 70.4 Å². The molecule has 0 radical (unpaired) electrons. The molecule has 0 aromatic carbocycles. The van der Waals surface area contributed by atoms with E-state index in [1.807, 2.05) is 9.47 Å². The van der Waals surface area contributed by atoms with Gasteiger partial charge in [-0.15, -0.1) is 0 Å². The minimum atomic E-state index is -0.424. The van der Waals surface area contributed by atoms with Gasteiger partial charge < -0.3 is 19.9 Å². The van der Waals surface area contributed by atoms with Gasteiger partial charge in [-0.1, -0.05) is 0 Å². The summed E-state index contributed by atoms with van der Waals surface area (Å²) in [7, 11) is 0. The molecule has 3 heterocycles. The third kappa shape index (κ3) is 3.56. The number of fused-ring (bicyclic) bond motifs is 1. The molecule has 33 heavy (non-hydrogen) atoms. The highest BCUT2D eigenvalue weighted by Crippen LogP contribution is 2.60. The second-order valence-electron chi connectivity index (χ2n) is 10.7. The zero-order valence-electron chi connectivity index (χ0n) is 19.0. The first-order valence-corrected chi connectivity index (χ1v) is 12.4. The predicted octanol–water partition coefficient (Wildman–Crippen LogP) is 2.55. The van der Waals surface area contributed by atoms with Crippen molar-refractivity contribution in [3.63, 3.8) is 0 Å². The Balaban J connectivity index is 1.06. The van der Waals surface area contributed by atoms with Gasteiger partial charge in [0.25, 0.3) is 0 Å². The number of hydrogen-bond acceptors (Lipinski definition) is 7. The Morgan fingerprint density at radius 3 is 2.55 bits per heavy atom. The molecule has 4 aliphatic carbocycles. The maximum atomic E-state index is 13.7. The van der Waals surface area contributed by atoms with Crippen LogP contribution in [0.15, 0.2) is 12.7 Å². The number of anilines is 1. The number of aryl methyl sites for hydroxylation is 1. The van der Waals surface area contributed by atoms with Gasteiger partial charge in [0.1, 0.15) is 17.9 Å². The first-order chi connectivity index (χ1) is 16.0. The van der Waals surface area contributed by atoms with E-state index in [1.165, 1.54) is 25.6 Å². The number of nitrogens with zero attached hydrogens (tertiary/aromatic N) is 5. The Morgan fingerprint density at radius 2 is 1.82 bits per heavy atom. The number of carbonyl (C=O) groups excluding carboxylic acids is 2. The number of esters is 1. The number of ether oxygens (including phenoxy) is 1. The highest BCUT2D eigenvalue weighted by atomic mass is 16.5. The molecular weight excluding hydrogens is 420 g/mol. The molecule has 2 aromatic heterocycles. The van der Waals surface area contributed by atoms with Crippen molar-refractivity contribution in [1.82, 2.24) is 24.4 Å². The molecule has 4 saturated carbocycles. The van der Waals surface area contributed by atoms with E-state index >= 15 is 0 Å². The fraction of sp³-hybridized carbons (Fsp3) is 0.708. The van der Waals surface area contributed by atoms with Crippen molar-refractivity contribution < 1.29 is 14.3 Å². The van der Waals surface area contributed by atoms with E-state index in [2.05, 4.69) is 15.0 Å². The second kappa shape index (κ2) is 7.95. The van der Waals surface area contributed by atoms with Crippen LogP contribution in [0, 0.1) is 23.2 Å². The van der Waals surface area contributed by atoms with E-state index in [0.29, 0.717) is 67.3 Å². The molecule has 5 fully saturated rings. The van der Waals surface area contributed by atoms with Crippen LogP contribution in [0.25, 0.3) is 11.2 Å². The van der Waals surface area contributed by atoms with Crippen molar-refractivity contribution in [2.24, 2.45) is 23.2 Å². The SMILES string of the molecule is Nc1ncnc2c1ncn2CCCOC(=O)C1CCCN1C(=O)C12CC3CC(CC(C3)C1)C2. The maximum absolute atomic E-state index is 13.7. The summed E-state index contributed by atoms with van der Waals surface area (Å²) in [5, 5.41) is 0. The summed E-state index contributed by atoms with van der Waals surface area (Å²) in [6.07, 6.45) is 12.3. The van der Waals surface area contributed by atoms with Gasteiger partial charge in [0.2, 0.25) is 5.91 Å². The summed E-state index contributed by atoms with van der Waals surface area (Å²) >= 11 is 0. The van der Waals surface area contributed by atoms with Crippen LogP contribution in [-0.2, 0) is 20.9 Å². The van der Waals surface area contributed by atoms with Gasteiger partial charge >= 0.3 is 5.97 Å². The smallest absolute Gasteiger partial charge is 0.328 e. The zero-order valence-corrected chi connectivity index (χ0v) is 19.0. The molecule has 1 aliphatic heterocycles. The minimum absolute atomic E-state index is 0.205. The van der Waals surface area contributed by atoms with E-state index in [0.717, 1.165) is 25.7 Å². The van der Waals surface area contributed by atoms with Gasteiger partial charge in [-0.05, 0) is 75.5 Å². The van der Waals surface area contributed by atoms with Gasteiger partial charge in [0, 0.05) is 13.1 Å². The Labute approximate surface area is 193 Å². The Bertz CT molecular complexity index is 1050. The van der Waals surface area contributed by atoms with Crippen LogP contribution < -0.4 is 5.73 Å². The van der Waals surface area contributed by atoms with Gasteiger partial charge in [0.15, 0.2) is 11.5 Å². The number of nitrogens with two attached hydrogens (primary N) is 1. The monoisotopic (exact) mass is 452 g/mol. The first-order valence-electron chi connectivity index (χ1n) is 12.4. The molecule has 1 atom stereocenters. The van der Waals surface area contributed by atoms with Crippen LogP contribution in [0.2, 0.25) is 0 Å². The first kappa shape index (κ1) is 20.9. The topological polar surface area (TPSA) is 116 Å². The van der Waals surface area contributed by atoms with Gasteiger partial charge in [-0.3, -0.25) is 4.79 Å². The Kier molecular flexibility index (Phi) is 5.03. The van der Waals surface area contributed by atoms with Crippen LogP contribution >= 0.6 is 0 Å². The van der Waals surface area contributed by atoms with Crippen LogP contribution in [0.3, 0.4) is 0 Å². The van der Waals surface area contributed by atoms with E-state index in [9.17, 15) is 9.59 Å². The fourth-order valence-corrected chi connectivity index (χ4v) is 7.50. The molecule has 1 unspecified atom stereocenters. The largest absolute Gasteiger partial charge is 0.464 e. The van der Waals surface area contributed by atoms with E-state index in [-0.39, 0.29) is 17.3 Å². The number of carbonyl (C=O) groups is 2. The molecule has 1 amide bonds. The zero-order chi connectivity index (χ0) is 22.6. The summed E-state index contributed by atoms with van der Waals surface area (Å²) in [5.74, 6) is 2.49. The molecule has 5 aliphatic rings. The lowest BCUT2D eigenvalue weighted by atomic mass is 9.49. The van der Waals surface area contributed by atoms with Crippen LogP contribution in [0.5, 0.6) is 0 Å². The van der Waals surface area contributed by atoms with Crippen molar-refractivity contribution in [3.05, 3.63) is 12.7 Å². The molecular formula is C24H32N6O3. The molecule has 9 nitrogen and oxygen atoms in total. The lowest BCUT2D eigenvalue weighted by molar-refractivity contribution is -0.165. The lowest BCUT2D eigenvalue weighted by Gasteiger charge is -2.56. The van der Waals surface area contributed by atoms with Crippen molar-refractivity contribution in [2.75, 3.05) is 18.9 Å². The molecule has 9 heteroatoms. The predicted molar refractivity (Wildman–Crippen MR) is 121 cm³/mol. The number of hydrogen-bond donors (Lipinski definition) is 1. The average Bonchev–Trinajstić information content (AvgIpc) is 3.43. The number of likely N-dealkylation sites (tertiary alicyclic amines) is 1. The number of amides is 1. The quantitative estimate of drug-likeness (QED) is 0.529. The second-order valence-corrected chi connectivity index (χ2v) is 10.7. The summed E-state index contributed by atoms with van der Waals surface area (Å²) in [6.45, 7) is 1.60. The molecule has 1 saturated heterocycles. The molecule has 2 N–H and O–H groups in total. The minimum Gasteiger partial charge on any atom is -0.464 e. The normalized spacial score (nSPS) is 32.5. The Hall–Kier alpha value is -2.71. The van der Waals surface area contributed by atoms with Crippen molar-refractivity contribution in [3.8, 4) is 0 Å². The third-order valence-corrected chi connectivity index (χ3v) is 8.49. The van der Waals surface area contributed by atoms with Crippen molar-refractivity contribution >= 4 is 28.9 Å². The van der Waals surface area contributed by atoms with E-state index in [4.69, 9.17) is 10.5 Å². The molecule has 4 bridgehead atoms. The number of aromatic nitrogens is 4. The number of rotatable bonds is 6. The number of imidazole rings is 1. The van der Waals surface area contributed by atoms with Crippen LogP contribution in [-0.4, -0.2) is 55.5 Å². The lowest BCUT2D eigenvalue weighted by Crippen LogP contribution is -2.56. The van der Waals surface area contributed by atoms with Crippen LogP contribution in [0.4, 0.5) is 5.82 Å². The standard InChI is InChI=1S/C24H32N6O3/c25-20-19-21(27-13-26-20)29(14-28-19)4-2-6-33-22(31)18-3-1-5-30(18)23(32)24-10-15-7-16(11-24)9-17(8-15)12-24/h13-18H,1-12H2,(H2,25,26,27). The Morgan fingerprint density at radius 1 is 1.09 bits per heavy atom. The fourth-order valence-electron chi connectivity index (χ4n) is 7.50. The average molecular weight is 453 g/mol. The highest BCUT2D eigenvalue weighted by Gasteiger charge is 2.56. The van der Waals surface area contributed by atoms with Gasteiger partial charge in [-0.25, -0.2) is 19.7 Å². The number of nitrogen functional groups attached to an aromatic ring is 1. The molecule has 2 aromatic rings. The summed E-state index contributed by atoms with van der Waals surface area (Å²) in [5.41, 5.74) is 6.89.